The van der Waals surface area contributed by atoms with E-state index >= 15 is 0 Å². The van der Waals surface area contributed by atoms with E-state index in [1.165, 1.54) is 0 Å². The summed E-state index contributed by atoms with van der Waals surface area (Å²) in [6.45, 7) is 0. The van der Waals surface area contributed by atoms with E-state index in [-0.39, 0.29) is 57.7 Å². The zero-order valence-electron chi connectivity index (χ0n) is 13.5. The van der Waals surface area contributed by atoms with Crippen LogP contribution in [0.5, 0.6) is 0 Å². The average molecular weight is 414 g/mol. The molecule has 3 rings (SSSR count). The Labute approximate surface area is 162 Å². The smallest absolute Gasteiger partial charge is 0.0796 e. The molecule has 0 aromatic carbocycles. The normalized spacial score (nSPS) is 7.08. The Morgan fingerprint density at radius 1 is 0.538 bits per heavy atom. The summed E-state index contributed by atoms with van der Waals surface area (Å²) in [6, 6.07) is 11.9. The van der Waals surface area contributed by atoms with Crippen molar-refractivity contribution >= 4 is 24.8 Å². The molecule has 0 aliphatic carbocycles. The van der Waals surface area contributed by atoms with Gasteiger partial charge >= 0.3 is 0 Å². The van der Waals surface area contributed by atoms with Gasteiger partial charge in [0.25, 0.3) is 0 Å². The van der Waals surface area contributed by atoms with Crippen LogP contribution >= 0.6 is 24.8 Å². The second kappa shape index (κ2) is 19.1. The molecule has 9 nitrogen and oxygen atoms in total. The first kappa shape index (κ1) is 39.0. The van der Waals surface area contributed by atoms with Crippen molar-refractivity contribution in [1.82, 2.24) is 15.0 Å². The van der Waals surface area contributed by atoms with Crippen molar-refractivity contribution < 1.29 is 32.9 Å². The molecule has 12 N–H and O–H groups in total. The predicted molar refractivity (Wildman–Crippen MR) is 107 cm³/mol. The molecule has 0 atom stereocenters. The van der Waals surface area contributed by atoms with E-state index < -0.39 is 0 Å². The Bertz CT molecular complexity index is 607. The summed E-state index contributed by atoms with van der Waals surface area (Å²) in [7, 11) is 0. The molecule has 0 aliphatic rings. The lowest BCUT2D eigenvalue weighted by molar-refractivity contribution is 0.823. The first-order chi connectivity index (χ1) is 8.95. The molecule has 3 heterocycles. The van der Waals surface area contributed by atoms with Gasteiger partial charge in [-0.1, -0.05) is 12.1 Å². The Kier molecular flexibility index (Phi) is 28.7. The fourth-order valence-corrected chi connectivity index (χ4v) is 1.89. The lowest BCUT2D eigenvalue weighted by Gasteiger charge is -2.07. The maximum Gasteiger partial charge on any atom is 0.0796 e. The van der Waals surface area contributed by atoms with Crippen molar-refractivity contribution in [3.05, 3.63) is 67.4 Å². The van der Waals surface area contributed by atoms with Crippen LogP contribution in [0.3, 0.4) is 0 Å². The standard InChI is InChI=1S/C15H11N3.2ClH.6H2O/c1-4-12(10-16-7-1)14-6-3-9-18-15(14)13-5-2-8-17-11-13;;;;;;;;/h1-11H;2*1H;6*1H2. The van der Waals surface area contributed by atoms with Gasteiger partial charge in [-0.15, -0.1) is 24.8 Å². The minimum absolute atomic E-state index is 0. The summed E-state index contributed by atoms with van der Waals surface area (Å²) in [5.41, 5.74) is 4.07. The third kappa shape index (κ3) is 8.76. The van der Waals surface area contributed by atoms with Gasteiger partial charge in [-0.2, -0.15) is 0 Å². The summed E-state index contributed by atoms with van der Waals surface area (Å²) >= 11 is 0. The Balaban J connectivity index is -0.000000125. The highest BCUT2D eigenvalue weighted by Gasteiger charge is 2.07. The van der Waals surface area contributed by atoms with Crippen molar-refractivity contribution in [2.75, 3.05) is 0 Å². The molecule has 0 bridgehead atoms. The molecule has 3 aromatic heterocycles. The quantitative estimate of drug-likeness (QED) is 0.519. The zero-order chi connectivity index (χ0) is 12.2. The first-order valence-corrected chi connectivity index (χ1v) is 5.71. The highest BCUT2D eigenvalue weighted by molar-refractivity contribution is 5.85. The van der Waals surface area contributed by atoms with Crippen LogP contribution in [0.2, 0.25) is 0 Å². The van der Waals surface area contributed by atoms with E-state index in [1.807, 2.05) is 48.8 Å². The molecule has 0 unspecified atom stereocenters. The molecule has 150 valence electrons. The highest BCUT2D eigenvalue weighted by Crippen LogP contribution is 2.28. The molecule has 26 heavy (non-hydrogen) atoms. The van der Waals surface area contributed by atoms with Crippen LogP contribution in [0.15, 0.2) is 67.4 Å². The molecule has 0 saturated heterocycles. The fraction of sp³-hybridized carbons (Fsp3) is 0. The van der Waals surface area contributed by atoms with Crippen LogP contribution in [0, 0.1) is 0 Å². The van der Waals surface area contributed by atoms with Gasteiger partial charge in [-0.3, -0.25) is 15.0 Å². The Morgan fingerprint density at radius 3 is 1.46 bits per heavy atom. The topological polar surface area (TPSA) is 228 Å². The maximum absolute atomic E-state index is 4.46. The number of hydrogen-bond donors (Lipinski definition) is 0. The minimum atomic E-state index is 0. The van der Waals surface area contributed by atoms with E-state index in [9.17, 15) is 0 Å². The molecule has 0 aliphatic heterocycles. The van der Waals surface area contributed by atoms with Gasteiger partial charge < -0.3 is 32.9 Å². The lowest BCUT2D eigenvalue weighted by Crippen LogP contribution is -1.89. The lowest BCUT2D eigenvalue weighted by atomic mass is 10.0. The van der Waals surface area contributed by atoms with Crippen molar-refractivity contribution in [1.29, 1.82) is 0 Å². The SMILES string of the molecule is Cl.Cl.O.O.O.O.O.O.c1cncc(-c2cccnc2-c2cccnc2)c1. The maximum atomic E-state index is 4.46. The first-order valence-electron chi connectivity index (χ1n) is 5.71. The Hall–Kier alpha value is -2.21. The molecule has 11 heteroatoms. The molecule has 0 saturated carbocycles. The zero-order valence-corrected chi connectivity index (χ0v) is 15.1. The molecule has 0 fully saturated rings. The molecule has 0 radical (unpaired) electrons. The van der Waals surface area contributed by atoms with E-state index in [4.69, 9.17) is 0 Å². The summed E-state index contributed by atoms with van der Waals surface area (Å²) in [5, 5.41) is 0. The highest BCUT2D eigenvalue weighted by atomic mass is 35.5. The van der Waals surface area contributed by atoms with Gasteiger partial charge in [0.05, 0.1) is 5.69 Å². The van der Waals surface area contributed by atoms with Gasteiger partial charge in [-0.25, -0.2) is 0 Å². The van der Waals surface area contributed by atoms with Gasteiger partial charge in [0.1, 0.15) is 0 Å². The summed E-state index contributed by atoms with van der Waals surface area (Å²) in [4.78, 5) is 12.8. The summed E-state index contributed by atoms with van der Waals surface area (Å²) < 4.78 is 0. The van der Waals surface area contributed by atoms with Gasteiger partial charge in [0.2, 0.25) is 0 Å². The number of aromatic nitrogens is 3. The average Bonchev–Trinajstić information content (AvgIpc) is 2.49. The van der Waals surface area contributed by atoms with Crippen molar-refractivity contribution in [2.24, 2.45) is 0 Å². The second-order valence-electron chi connectivity index (χ2n) is 3.88. The number of halogens is 2. The third-order valence-corrected chi connectivity index (χ3v) is 2.72. The largest absolute Gasteiger partial charge is 0.412 e. The second-order valence-corrected chi connectivity index (χ2v) is 3.88. The van der Waals surface area contributed by atoms with Crippen LogP contribution in [0.1, 0.15) is 0 Å². The van der Waals surface area contributed by atoms with Crippen LogP contribution in [0.25, 0.3) is 22.4 Å². The van der Waals surface area contributed by atoms with E-state index in [1.54, 1.807) is 18.6 Å². The molecule has 3 aromatic rings. The van der Waals surface area contributed by atoms with Gasteiger partial charge in [-0.05, 0) is 24.3 Å². The van der Waals surface area contributed by atoms with Crippen LogP contribution < -0.4 is 0 Å². The van der Waals surface area contributed by atoms with E-state index in [0.717, 1.165) is 22.4 Å². The minimum Gasteiger partial charge on any atom is -0.412 e. The number of hydrogen-bond acceptors (Lipinski definition) is 3. The molecular weight excluding hydrogens is 389 g/mol. The van der Waals surface area contributed by atoms with Crippen molar-refractivity contribution in [3.63, 3.8) is 0 Å². The molecule has 0 amide bonds. The molecule has 0 spiro atoms. The number of rotatable bonds is 2. The van der Waals surface area contributed by atoms with Crippen LogP contribution in [-0.2, 0) is 0 Å². The van der Waals surface area contributed by atoms with Crippen molar-refractivity contribution in [2.45, 2.75) is 0 Å². The monoisotopic (exact) mass is 413 g/mol. The summed E-state index contributed by atoms with van der Waals surface area (Å²) in [6.07, 6.45) is 8.99. The summed E-state index contributed by atoms with van der Waals surface area (Å²) in [5.74, 6) is 0. The van der Waals surface area contributed by atoms with Crippen LogP contribution in [0.4, 0.5) is 0 Å². The number of nitrogens with zero attached hydrogens (tertiary/aromatic N) is 3. The third-order valence-electron chi connectivity index (χ3n) is 2.72. The van der Waals surface area contributed by atoms with Crippen LogP contribution in [-0.4, -0.2) is 47.8 Å². The fourth-order valence-electron chi connectivity index (χ4n) is 1.89. The van der Waals surface area contributed by atoms with Crippen molar-refractivity contribution in [3.8, 4) is 22.4 Å². The number of pyridine rings is 3. The van der Waals surface area contributed by atoms with Gasteiger partial charge in [0.15, 0.2) is 0 Å². The van der Waals surface area contributed by atoms with E-state index in [0.29, 0.717) is 0 Å². The Morgan fingerprint density at radius 2 is 1.00 bits per heavy atom. The van der Waals surface area contributed by atoms with E-state index in [2.05, 4.69) is 15.0 Å². The van der Waals surface area contributed by atoms with Gasteiger partial charge in [0, 0.05) is 47.7 Å². The predicted octanol–water partition coefficient (Wildman–Crippen LogP) is -0.899. The molecular formula is C15H25Cl2N3O6.